The Labute approximate surface area is 183 Å². The summed E-state index contributed by atoms with van der Waals surface area (Å²) in [5, 5.41) is 12.5. The molecule has 1 aliphatic heterocycles. The number of rotatable bonds is 5. The molecule has 1 amide bonds. The number of nitrogens with one attached hydrogen (secondary N) is 1. The lowest BCUT2D eigenvalue weighted by atomic mass is 9.65. The number of aromatic nitrogens is 3. The molecule has 0 atom stereocenters. The van der Waals surface area contributed by atoms with E-state index in [2.05, 4.69) is 36.3 Å². The van der Waals surface area contributed by atoms with Crippen LogP contribution in [0.25, 0.3) is 11.4 Å². The largest absolute Gasteiger partial charge is 0.361 e. The van der Waals surface area contributed by atoms with Crippen molar-refractivity contribution < 1.29 is 9.32 Å². The van der Waals surface area contributed by atoms with Gasteiger partial charge in [0.05, 0.1) is 0 Å². The van der Waals surface area contributed by atoms with Crippen LogP contribution in [-0.4, -0.2) is 51.4 Å². The summed E-state index contributed by atoms with van der Waals surface area (Å²) in [6.45, 7) is 11.2. The highest BCUT2D eigenvalue weighted by molar-refractivity contribution is 6.33. The Morgan fingerprint density at radius 3 is 2.77 bits per heavy atom. The zero-order chi connectivity index (χ0) is 21.7. The standard InChI is InChI=1S/C22H32ClN5O2/c1-14-10-16(26-30-14)18-17(19(23)27(5)25-18)20(29)28-9-7-22(13-28)11-15(12-22)24-8-6-21(2,3)4/h10,15,24H,6-9,11-13H2,1-5H3/t15-,22-. The highest BCUT2D eigenvalue weighted by atomic mass is 35.5. The second-order valence-corrected chi connectivity index (χ2v) is 10.7. The van der Waals surface area contributed by atoms with Crippen LogP contribution in [0.5, 0.6) is 0 Å². The van der Waals surface area contributed by atoms with Crippen molar-refractivity contribution in [3.05, 3.63) is 22.5 Å². The van der Waals surface area contributed by atoms with Crippen LogP contribution in [0, 0.1) is 17.8 Å². The second-order valence-electron chi connectivity index (χ2n) is 10.3. The number of amides is 1. The number of nitrogens with zero attached hydrogens (tertiary/aromatic N) is 4. The highest BCUT2D eigenvalue weighted by Crippen LogP contribution is 2.49. The van der Waals surface area contributed by atoms with Gasteiger partial charge in [-0.1, -0.05) is 37.5 Å². The number of likely N-dealkylation sites (tertiary alicyclic amines) is 1. The van der Waals surface area contributed by atoms with Gasteiger partial charge in [-0.3, -0.25) is 9.48 Å². The Kier molecular flexibility index (Phi) is 5.47. The Morgan fingerprint density at radius 2 is 2.13 bits per heavy atom. The van der Waals surface area contributed by atoms with E-state index in [1.54, 1.807) is 13.1 Å². The molecule has 30 heavy (non-hydrogen) atoms. The zero-order valence-electron chi connectivity index (χ0n) is 18.6. The van der Waals surface area contributed by atoms with E-state index < -0.39 is 0 Å². The van der Waals surface area contributed by atoms with Gasteiger partial charge in [0.2, 0.25) is 0 Å². The molecule has 0 radical (unpaired) electrons. The SMILES string of the molecule is Cc1cc(-c2nn(C)c(Cl)c2C(=O)N2CC[C@]3(C2)C[C@H](NCCC(C)(C)C)C3)no1. The first-order valence-corrected chi connectivity index (χ1v) is 11.1. The van der Waals surface area contributed by atoms with Crippen LogP contribution in [0.1, 0.15) is 62.6 Å². The Bertz CT molecular complexity index is 936. The number of hydrogen-bond acceptors (Lipinski definition) is 5. The monoisotopic (exact) mass is 433 g/mol. The predicted molar refractivity (Wildman–Crippen MR) is 117 cm³/mol. The maximum Gasteiger partial charge on any atom is 0.259 e. The minimum Gasteiger partial charge on any atom is -0.361 e. The summed E-state index contributed by atoms with van der Waals surface area (Å²) in [6, 6.07) is 2.35. The van der Waals surface area contributed by atoms with E-state index in [1.807, 2.05) is 11.8 Å². The first kappa shape index (κ1) is 21.4. The Balaban J connectivity index is 1.41. The van der Waals surface area contributed by atoms with Crippen molar-refractivity contribution >= 4 is 17.5 Å². The van der Waals surface area contributed by atoms with Crippen molar-refractivity contribution in [3.8, 4) is 11.4 Å². The summed E-state index contributed by atoms with van der Waals surface area (Å²) >= 11 is 6.46. The first-order valence-electron chi connectivity index (χ1n) is 10.8. The van der Waals surface area contributed by atoms with Crippen LogP contribution in [0.15, 0.2) is 10.6 Å². The van der Waals surface area contributed by atoms with E-state index in [9.17, 15) is 4.79 Å². The molecule has 3 heterocycles. The van der Waals surface area contributed by atoms with Gasteiger partial charge in [0.1, 0.15) is 27.9 Å². The molecule has 2 aromatic heterocycles. The predicted octanol–water partition coefficient (Wildman–Crippen LogP) is 4.06. The maximum atomic E-state index is 13.4. The molecule has 2 aromatic rings. The minimum atomic E-state index is -0.0650. The van der Waals surface area contributed by atoms with Crippen LogP contribution in [0.2, 0.25) is 5.15 Å². The molecule has 2 fully saturated rings. The third kappa shape index (κ3) is 4.14. The van der Waals surface area contributed by atoms with E-state index in [4.69, 9.17) is 16.1 Å². The Hall–Kier alpha value is -1.86. The molecule has 1 aliphatic carbocycles. The molecule has 2 aliphatic rings. The van der Waals surface area contributed by atoms with Gasteiger partial charge in [0.15, 0.2) is 0 Å². The molecule has 4 rings (SSSR count). The van der Waals surface area contributed by atoms with Crippen molar-refractivity contribution in [2.24, 2.45) is 17.9 Å². The van der Waals surface area contributed by atoms with Crippen molar-refractivity contribution in [2.45, 2.75) is 59.4 Å². The smallest absolute Gasteiger partial charge is 0.259 e. The average Bonchev–Trinajstić information content (AvgIpc) is 3.32. The molecule has 7 nitrogen and oxygen atoms in total. The van der Waals surface area contributed by atoms with Gasteiger partial charge in [0, 0.05) is 32.2 Å². The summed E-state index contributed by atoms with van der Waals surface area (Å²) in [7, 11) is 1.74. The number of carbonyl (C=O) groups excluding carboxylic acids is 1. The quantitative estimate of drug-likeness (QED) is 0.769. The maximum absolute atomic E-state index is 13.4. The molecule has 0 unspecified atom stereocenters. The summed E-state index contributed by atoms with van der Waals surface area (Å²) in [4.78, 5) is 15.3. The van der Waals surface area contributed by atoms with Crippen LogP contribution in [0.4, 0.5) is 0 Å². The van der Waals surface area contributed by atoms with Crippen LogP contribution in [0.3, 0.4) is 0 Å². The molecule has 1 spiro atoms. The van der Waals surface area contributed by atoms with Gasteiger partial charge in [-0.25, -0.2) is 0 Å². The average molecular weight is 434 g/mol. The lowest BCUT2D eigenvalue weighted by molar-refractivity contribution is 0.0655. The Morgan fingerprint density at radius 1 is 1.40 bits per heavy atom. The van der Waals surface area contributed by atoms with E-state index in [0.717, 1.165) is 38.9 Å². The van der Waals surface area contributed by atoms with E-state index in [0.29, 0.717) is 39.3 Å². The molecule has 0 aromatic carbocycles. The molecule has 8 heteroatoms. The molecular weight excluding hydrogens is 402 g/mol. The third-order valence-electron chi connectivity index (χ3n) is 6.45. The number of halogens is 1. The van der Waals surface area contributed by atoms with Gasteiger partial charge in [-0.05, 0) is 50.0 Å². The van der Waals surface area contributed by atoms with Gasteiger partial charge in [-0.15, -0.1) is 0 Å². The summed E-state index contributed by atoms with van der Waals surface area (Å²) < 4.78 is 6.70. The van der Waals surface area contributed by atoms with Gasteiger partial charge < -0.3 is 14.7 Å². The van der Waals surface area contributed by atoms with Crippen LogP contribution < -0.4 is 5.32 Å². The highest BCUT2D eigenvalue weighted by Gasteiger charge is 2.49. The fourth-order valence-corrected chi connectivity index (χ4v) is 4.94. The molecule has 1 saturated carbocycles. The fraction of sp³-hybridized carbons (Fsp3) is 0.682. The van der Waals surface area contributed by atoms with Crippen LogP contribution in [-0.2, 0) is 7.05 Å². The third-order valence-corrected chi connectivity index (χ3v) is 6.89. The first-order chi connectivity index (χ1) is 14.1. The molecular formula is C22H32ClN5O2. The molecule has 164 valence electrons. The number of carbonyl (C=O) groups is 1. The van der Waals surface area contributed by atoms with Crippen molar-refractivity contribution in [2.75, 3.05) is 19.6 Å². The zero-order valence-corrected chi connectivity index (χ0v) is 19.3. The van der Waals surface area contributed by atoms with Gasteiger partial charge in [-0.2, -0.15) is 5.10 Å². The van der Waals surface area contributed by atoms with Gasteiger partial charge in [0.25, 0.3) is 5.91 Å². The summed E-state index contributed by atoms with van der Waals surface area (Å²) in [6.07, 6.45) is 4.49. The van der Waals surface area contributed by atoms with Crippen molar-refractivity contribution in [1.29, 1.82) is 0 Å². The van der Waals surface area contributed by atoms with Gasteiger partial charge >= 0.3 is 0 Å². The second kappa shape index (κ2) is 7.68. The molecule has 1 saturated heterocycles. The number of aryl methyl sites for hydroxylation is 2. The summed E-state index contributed by atoms with van der Waals surface area (Å²) in [5.74, 6) is 0.606. The van der Waals surface area contributed by atoms with Crippen molar-refractivity contribution in [1.82, 2.24) is 25.2 Å². The number of hydrogen-bond donors (Lipinski definition) is 1. The van der Waals surface area contributed by atoms with E-state index in [1.165, 1.54) is 11.1 Å². The molecule has 0 bridgehead atoms. The van der Waals surface area contributed by atoms with Crippen LogP contribution >= 0.6 is 11.6 Å². The van der Waals surface area contributed by atoms with E-state index in [-0.39, 0.29) is 11.3 Å². The summed E-state index contributed by atoms with van der Waals surface area (Å²) in [5.41, 5.74) is 2.05. The minimum absolute atomic E-state index is 0.0650. The normalized spacial score (nSPS) is 23.9. The topological polar surface area (TPSA) is 76.2 Å². The lowest BCUT2D eigenvalue weighted by Crippen LogP contribution is -2.51. The van der Waals surface area contributed by atoms with Crippen molar-refractivity contribution in [3.63, 3.8) is 0 Å². The molecule has 1 N–H and O–H groups in total. The van der Waals surface area contributed by atoms with E-state index >= 15 is 0 Å². The fourth-order valence-electron chi connectivity index (χ4n) is 4.73. The lowest BCUT2D eigenvalue weighted by Gasteiger charge is -2.46.